The van der Waals surface area contributed by atoms with E-state index in [0.29, 0.717) is 17.4 Å². The summed E-state index contributed by atoms with van der Waals surface area (Å²) in [5, 5.41) is 0. The van der Waals surface area contributed by atoms with Gasteiger partial charge < -0.3 is 27.9 Å². The smallest absolute Gasteiger partial charge is 0.306 e. The number of unbranched alkanes of at least 4 members (excludes halogenated alkanes) is 27. The molecule has 0 rings (SSSR count). The first-order valence-corrected chi connectivity index (χ1v) is 23.7. The largest absolute Gasteiger partial charge is 0.756 e. The molecule has 0 spiro atoms. The van der Waals surface area contributed by atoms with E-state index in [-0.39, 0.29) is 32.0 Å². The van der Waals surface area contributed by atoms with Crippen LogP contribution < -0.4 is 4.89 Å². The van der Waals surface area contributed by atoms with Gasteiger partial charge in [-0.15, -0.1) is 0 Å². The van der Waals surface area contributed by atoms with E-state index in [2.05, 4.69) is 13.8 Å². The van der Waals surface area contributed by atoms with E-state index in [0.717, 1.165) is 32.1 Å². The van der Waals surface area contributed by atoms with Crippen molar-refractivity contribution in [3.8, 4) is 0 Å². The van der Waals surface area contributed by atoms with Crippen LogP contribution in [0.25, 0.3) is 0 Å². The Morgan fingerprint density at radius 1 is 0.509 bits per heavy atom. The van der Waals surface area contributed by atoms with Crippen LogP contribution >= 0.6 is 7.82 Å². The van der Waals surface area contributed by atoms with Gasteiger partial charge in [0, 0.05) is 12.8 Å². The maximum atomic E-state index is 12.6. The van der Waals surface area contributed by atoms with Gasteiger partial charge in [-0.05, 0) is 12.8 Å². The quantitative estimate of drug-likeness (QED) is 0.0261. The van der Waals surface area contributed by atoms with Gasteiger partial charge in [0.1, 0.15) is 19.8 Å². The van der Waals surface area contributed by atoms with Crippen molar-refractivity contribution in [3.63, 3.8) is 0 Å². The number of likely N-dealkylation sites (N-methyl/N-ethyl adjacent to an activating group) is 1. The van der Waals surface area contributed by atoms with E-state index in [9.17, 15) is 19.0 Å². The summed E-state index contributed by atoms with van der Waals surface area (Å²) in [7, 11) is 1.18. The Bertz CT molecular complexity index is 881. The molecular formula is C43H86NO8P. The standard InChI is InChI=1S/C43H86NO8P/c1-6-8-10-12-14-15-16-17-18-19-20-21-22-23-24-25-26-27-28-30-32-34-36-43(46)52-41(40-51-53(47,48)50-38-37-44(3,4)5)39-49-42(45)35-33-31-29-13-11-9-7-2/h41H,6-40H2,1-5H3/t41-/m1/s1. The van der Waals surface area contributed by atoms with E-state index in [1.807, 2.05) is 21.1 Å². The van der Waals surface area contributed by atoms with Crippen LogP contribution in [0, 0.1) is 0 Å². The highest BCUT2D eigenvalue weighted by Crippen LogP contribution is 2.38. The average Bonchev–Trinajstić information content (AvgIpc) is 3.10. The first-order chi connectivity index (χ1) is 25.5. The minimum absolute atomic E-state index is 0.0261. The Morgan fingerprint density at radius 3 is 1.21 bits per heavy atom. The molecular weight excluding hydrogens is 689 g/mol. The summed E-state index contributed by atoms with van der Waals surface area (Å²) in [6.07, 6.45) is 35.9. The lowest BCUT2D eigenvalue weighted by Crippen LogP contribution is -2.37. The number of carbonyl (C=O) groups is 2. The summed E-state index contributed by atoms with van der Waals surface area (Å²) in [6.45, 7) is 4.21. The zero-order chi connectivity index (χ0) is 39.3. The van der Waals surface area contributed by atoms with Gasteiger partial charge in [0.05, 0.1) is 27.7 Å². The highest BCUT2D eigenvalue weighted by Gasteiger charge is 2.21. The van der Waals surface area contributed by atoms with Crippen molar-refractivity contribution in [1.29, 1.82) is 0 Å². The van der Waals surface area contributed by atoms with Crippen LogP contribution in [-0.4, -0.2) is 70.0 Å². The van der Waals surface area contributed by atoms with E-state index < -0.39 is 26.5 Å². The molecule has 0 aromatic rings. The van der Waals surface area contributed by atoms with E-state index in [4.69, 9.17) is 18.5 Å². The maximum Gasteiger partial charge on any atom is 0.306 e. The Balaban J connectivity index is 4.11. The fourth-order valence-corrected chi connectivity index (χ4v) is 7.09. The third-order valence-corrected chi connectivity index (χ3v) is 10.8. The molecule has 0 radical (unpaired) electrons. The first kappa shape index (κ1) is 52.0. The van der Waals surface area contributed by atoms with Gasteiger partial charge in [0.25, 0.3) is 7.82 Å². The van der Waals surface area contributed by atoms with Gasteiger partial charge in [-0.1, -0.05) is 187 Å². The zero-order valence-corrected chi connectivity index (χ0v) is 36.4. The summed E-state index contributed by atoms with van der Waals surface area (Å²) in [4.78, 5) is 37.3. The van der Waals surface area contributed by atoms with Crippen LogP contribution in [-0.2, 0) is 32.7 Å². The van der Waals surface area contributed by atoms with Crippen molar-refractivity contribution in [1.82, 2.24) is 0 Å². The van der Waals surface area contributed by atoms with E-state index in [1.165, 1.54) is 148 Å². The molecule has 1 unspecified atom stereocenters. The van der Waals surface area contributed by atoms with Gasteiger partial charge in [0.15, 0.2) is 6.10 Å². The molecule has 0 aliphatic heterocycles. The predicted octanol–water partition coefficient (Wildman–Crippen LogP) is 11.8. The summed E-state index contributed by atoms with van der Waals surface area (Å²) in [6, 6.07) is 0. The van der Waals surface area contributed by atoms with E-state index >= 15 is 0 Å². The summed E-state index contributed by atoms with van der Waals surface area (Å²) >= 11 is 0. The van der Waals surface area contributed by atoms with Crippen molar-refractivity contribution in [2.24, 2.45) is 0 Å². The number of ether oxygens (including phenoxy) is 2. The lowest BCUT2D eigenvalue weighted by atomic mass is 10.0. The highest BCUT2D eigenvalue weighted by atomic mass is 31.2. The van der Waals surface area contributed by atoms with Crippen LogP contribution in [0.1, 0.15) is 213 Å². The normalized spacial score (nSPS) is 13.5. The SMILES string of the molecule is CCCCCCCCCCCCCCCCCCCCCCCCC(=O)O[C@H](COC(=O)CCCCCCCCC)COP(=O)([O-])OCC[N+](C)(C)C. The number of rotatable bonds is 41. The number of nitrogens with zero attached hydrogens (tertiary/aromatic N) is 1. The second kappa shape index (κ2) is 36.6. The molecule has 9 nitrogen and oxygen atoms in total. The number of phosphoric ester groups is 1. The van der Waals surface area contributed by atoms with Crippen LogP contribution in [0.2, 0.25) is 0 Å². The van der Waals surface area contributed by atoms with Gasteiger partial charge in [-0.3, -0.25) is 14.2 Å². The molecule has 316 valence electrons. The number of phosphoric acid groups is 1. The Labute approximate surface area is 327 Å². The Hall–Kier alpha value is -0.990. The van der Waals surface area contributed by atoms with Crippen LogP contribution in [0.15, 0.2) is 0 Å². The lowest BCUT2D eigenvalue weighted by molar-refractivity contribution is -0.870. The molecule has 0 fully saturated rings. The molecule has 0 bridgehead atoms. The molecule has 10 heteroatoms. The van der Waals surface area contributed by atoms with Crippen LogP contribution in [0.3, 0.4) is 0 Å². The first-order valence-electron chi connectivity index (χ1n) is 22.2. The fourth-order valence-electron chi connectivity index (χ4n) is 6.36. The molecule has 0 saturated carbocycles. The lowest BCUT2D eigenvalue weighted by Gasteiger charge is -2.28. The van der Waals surface area contributed by atoms with Crippen molar-refractivity contribution in [2.75, 3.05) is 47.5 Å². The van der Waals surface area contributed by atoms with Crippen LogP contribution in [0.4, 0.5) is 0 Å². The molecule has 0 aromatic carbocycles. The summed E-state index contributed by atoms with van der Waals surface area (Å²) < 4.78 is 33.8. The average molecular weight is 776 g/mol. The van der Waals surface area contributed by atoms with Crippen molar-refractivity contribution in [3.05, 3.63) is 0 Å². The van der Waals surface area contributed by atoms with Crippen LogP contribution in [0.5, 0.6) is 0 Å². The molecule has 53 heavy (non-hydrogen) atoms. The van der Waals surface area contributed by atoms with Gasteiger partial charge >= 0.3 is 11.9 Å². The minimum atomic E-state index is -4.61. The number of quaternary nitrogens is 1. The minimum Gasteiger partial charge on any atom is -0.756 e. The van der Waals surface area contributed by atoms with Gasteiger partial charge in [-0.2, -0.15) is 0 Å². The predicted molar refractivity (Wildman–Crippen MR) is 218 cm³/mol. The molecule has 0 saturated heterocycles. The number of carbonyl (C=O) groups excluding carboxylic acids is 2. The zero-order valence-electron chi connectivity index (χ0n) is 35.5. The van der Waals surface area contributed by atoms with E-state index in [1.54, 1.807) is 0 Å². The molecule has 0 amide bonds. The van der Waals surface area contributed by atoms with Gasteiger partial charge in [0.2, 0.25) is 0 Å². The third kappa shape index (κ3) is 40.5. The summed E-state index contributed by atoms with van der Waals surface area (Å²) in [5.41, 5.74) is 0. The molecule has 0 aliphatic rings. The monoisotopic (exact) mass is 776 g/mol. The molecule has 0 aliphatic carbocycles. The Kier molecular flexibility index (Phi) is 36.0. The second-order valence-corrected chi connectivity index (χ2v) is 17.8. The van der Waals surface area contributed by atoms with Crippen molar-refractivity contribution >= 4 is 19.8 Å². The number of esters is 2. The molecule has 0 heterocycles. The molecule has 2 atom stereocenters. The summed E-state index contributed by atoms with van der Waals surface area (Å²) in [5.74, 6) is -0.828. The van der Waals surface area contributed by atoms with Crippen molar-refractivity contribution < 1.29 is 42.1 Å². The topological polar surface area (TPSA) is 111 Å². The second-order valence-electron chi connectivity index (χ2n) is 16.4. The highest BCUT2D eigenvalue weighted by molar-refractivity contribution is 7.45. The number of hydrogen-bond acceptors (Lipinski definition) is 8. The number of hydrogen-bond donors (Lipinski definition) is 0. The Morgan fingerprint density at radius 2 is 0.849 bits per heavy atom. The fraction of sp³-hybridized carbons (Fsp3) is 0.953. The third-order valence-electron chi connectivity index (χ3n) is 9.88. The maximum absolute atomic E-state index is 12.6. The van der Waals surface area contributed by atoms with Gasteiger partial charge in [-0.25, -0.2) is 0 Å². The van der Waals surface area contributed by atoms with Crippen molar-refractivity contribution in [2.45, 2.75) is 219 Å². The molecule has 0 N–H and O–H groups in total. The molecule has 0 aromatic heterocycles.